The molecule has 1 aromatic carbocycles. The molecule has 1 saturated heterocycles. The highest BCUT2D eigenvalue weighted by atomic mass is 28.4. The molecule has 0 radical (unpaired) electrons. The molecular formula is C32H56N2O7Si. The summed E-state index contributed by atoms with van der Waals surface area (Å²) in [6.07, 6.45) is 0.402. The fraction of sp³-hybridized carbons (Fsp3) is 0.750. The molecule has 0 spiro atoms. The Kier molecular flexibility index (Phi) is 12.8. The minimum absolute atomic E-state index is 0.0386. The third-order valence-corrected chi connectivity index (χ3v) is 12.7. The van der Waals surface area contributed by atoms with Crippen molar-refractivity contribution in [2.24, 2.45) is 11.8 Å². The molecule has 0 saturated carbocycles. The molecule has 0 unspecified atom stereocenters. The number of methoxy groups -OCH3 is 2. The lowest BCUT2D eigenvalue weighted by molar-refractivity contribution is 0.0280. The highest BCUT2D eigenvalue weighted by molar-refractivity contribution is 6.74. The molecule has 42 heavy (non-hydrogen) atoms. The molecule has 0 bridgehead atoms. The summed E-state index contributed by atoms with van der Waals surface area (Å²) in [7, 11) is 1.23. The average molecular weight is 609 g/mol. The lowest BCUT2D eigenvalue weighted by atomic mass is 9.95. The van der Waals surface area contributed by atoms with Gasteiger partial charge in [0, 0.05) is 69.8 Å². The van der Waals surface area contributed by atoms with Crippen LogP contribution in [0.5, 0.6) is 11.5 Å². The average Bonchev–Trinajstić information content (AvgIpc) is 3.29. The Morgan fingerprint density at radius 3 is 2.19 bits per heavy atom. The molecule has 1 heterocycles. The van der Waals surface area contributed by atoms with Crippen LogP contribution in [0.1, 0.15) is 72.2 Å². The van der Waals surface area contributed by atoms with Crippen molar-refractivity contribution in [3.63, 3.8) is 0 Å². The van der Waals surface area contributed by atoms with Gasteiger partial charge in [0.2, 0.25) is 0 Å². The third-order valence-electron chi connectivity index (χ3n) is 8.17. The number of benzene rings is 1. The summed E-state index contributed by atoms with van der Waals surface area (Å²) in [5.74, 6) is 1.13. The van der Waals surface area contributed by atoms with Crippen molar-refractivity contribution in [3.8, 4) is 11.5 Å². The van der Waals surface area contributed by atoms with Gasteiger partial charge in [-0.25, -0.2) is 4.79 Å². The van der Waals surface area contributed by atoms with Crippen molar-refractivity contribution in [1.82, 2.24) is 9.80 Å². The Morgan fingerprint density at radius 2 is 1.64 bits per heavy atom. The summed E-state index contributed by atoms with van der Waals surface area (Å²) in [5.41, 5.74) is -0.0535. The number of carbonyl (C=O) groups excluding carboxylic acids is 2. The molecule has 2 amide bonds. The molecule has 0 aromatic heterocycles. The second-order valence-corrected chi connectivity index (χ2v) is 18.9. The van der Waals surface area contributed by atoms with Gasteiger partial charge in [0.05, 0.1) is 13.7 Å². The molecular weight excluding hydrogens is 552 g/mol. The maximum absolute atomic E-state index is 13.9. The smallest absolute Gasteiger partial charge is 0.410 e. The molecule has 1 fully saturated rings. The Morgan fingerprint density at radius 1 is 1.00 bits per heavy atom. The van der Waals surface area contributed by atoms with Crippen molar-refractivity contribution in [1.29, 1.82) is 0 Å². The number of hydrogen-bond acceptors (Lipinski definition) is 7. The SMILES string of the molecule is COCCCOc1cc(C(=O)N(C[C@H]2CN(C(=O)OC(C)(C)C)C[C@H]2CO[Si](C)(C)C(C)(C)C)C(C)C)ccc1OC. The van der Waals surface area contributed by atoms with Crippen LogP contribution in [0.2, 0.25) is 18.1 Å². The highest BCUT2D eigenvalue weighted by Gasteiger charge is 2.42. The zero-order valence-electron chi connectivity index (χ0n) is 28.2. The van der Waals surface area contributed by atoms with E-state index in [1.54, 1.807) is 37.3 Å². The van der Waals surface area contributed by atoms with E-state index in [9.17, 15) is 9.59 Å². The van der Waals surface area contributed by atoms with Gasteiger partial charge in [-0.1, -0.05) is 20.8 Å². The number of nitrogens with zero attached hydrogens (tertiary/aromatic N) is 2. The number of ether oxygens (including phenoxy) is 4. The monoisotopic (exact) mass is 608 g/mol. The molecule has 240 valence electrons. The first-order valence-corrected chi connectivity index (χ1v) is 18.0. The molecule has 2 atom stereocenters. The van der Waals surface area contributed by atoms with Crippen LogP contribution < -0.4 is 9.47 Å². The van der Waals surface area contributed by atoms with Gasteiger partial charge < -0.3 is 33.2 Å². The van der Waals surface area contributed by atoms with E-state index in [0.717, 1.165) is 6.42 Å². The highest BCUT2D eigenvalue weighted by Crippen LogP contribution is 2.38. The van der Waals surface area contributed by atoms with E-state index in [1.807, 2.05) is 39.5 Å². The van der Waals surface area contributed by atoms with Gasteiger partial charge in [0.1, 0.15) is 5.60 Å². The van der Waals surface area contributed by atoms with Crippen molar-refractivity contribution >= 4 is 20.3 Å². The van der Waals surface area contributed by atoms with Gasteiger partial charge in [-0.3, -0.25) is 4.79 Å². The molecule has 10 heteroatoms. The number of hydrogen-bond donors (Lipinski definition) is 0. The first-order chi connectivity index (χ1) is 19.4. The summed E-state index contributed by atoms with van der Waals surface area (Å²) < 4.78 is 28.9. The van der Waals surface area contributed by atoms with Gasteiger partial charge >= 0.3 is 6.09 Å². The molecule has 9 nitrogen and oxygen atoms in total. The van der Waals surface area contributed by atoms with Gasteiger partial charge in [-0.15, -0.1) is 0 Å². The number of likely N-dealkylation sites (tertiary alicyclic amines) is 1. The summed E-state index contributed by atoms with van der Waals surface area (Å²) in [6, 6.07) is 5.25. The normalized spacial score (nSPS) is 17.9. The van der Waals surface area contributed by atoms with Crippen LogP contribution in [-0.2, 0) is 13.9 Å². The Balaban J connectivity index is 2.30. The van der Waals surface area contributed by atoms with Gasteiger partial charge in [-0.2, -0.15) is 0 Å². The van der Waals surface area contributed by atoms with Crippen LogP contribution >= 0.6 is 0 Å². The maximum atomic E-state index is 13.9. The molecule has 1 aliphatic rings. The first kappa shape index (κ1) is 35.9. The third kappa shape index (κ3) is 10.2. The van der Waals surface area contributed by atoms with Crippen molar-refractivity contribution in [2.45, 2.75) is 91.6 Å². The van der Waals surface area contributed by atoms with E-state index in [4.69, 9.17) is 23.4 Å². The molecule has 1 aromatic rings. The van der Waals surface area contributed by atoms with E-state index in [-0.39, 0.29) is 34.9 Å². The van der Waals surface area contributed by atoms with Crippen LogP contribution in [-0.4, -0.2) is 95.4 Å². The maximum Gasteiger partial charge on any atom is 0.410 e. The summed E-state index contributed by atoms with van der Waals surface area (Å²) >= 11 is 0. The lowest BCUT2D eigenvalue weighted by Crippen LogP contribution is -2.45. The van der Waals surface area contributed by atoms with Crippen LogP contribution in [0.15, 0.2) is 18.2 Å². The van der Waals surface area contributed by atoms with E-state index in [1.165, 1.54) is 0 Å². The van der Waals surface area contributed by atoms with E-state index < -0.39 is 13.9 Å². The van der Waals surface area contributed by atoms with Crippen molar-refractivity contribution in [3.05, 3.63) is 23.8 Å². The molecule has 0 N–H and O–H groups in total. The fourth-order valence-corrected chi connectivity index (χ4v) is 5.66. The van der Waals surface area contributed by atoms with E-state index >= 15 is 0 Å². The zero-order valence-corrected chi connectivity index (χ0v) is 29.2. The predicted octanol–water partition coefficient (Wildman–Crippen LogP) is 6.47. The van der Waals surface area contributed by atoms with Crippen LogP contribution in [0, 0.1) is 11.8 Å². The minimum Gasteiger partial charge on any atom is -0.493 e. The molecule has 1 aliphatic heterocycles. The first-order valence-electron chi connectivity index (χ1n) is 15.1. The quantitative estimate of drug-likeness (QED) is 0.187. The van der Waals surface area contributed by atoms with Crippen LogP contribution in [0.25, 0.3) is 0 Å². The Hall–Kier alpha value is -2.30. The van der Waals surface area contributed by atoms with Gasteiger partial charge in [-0.05, 0) is 71.0 Å². The van der Waals surface area contributed by atoms with Crippen LogP contribution in [0.4, 0.5) is 4.79 Å². The second kappa shape index (κ2) is 14.9. The van der Waals surface area contributed by atoms with Gasteiger partial charge in [0.15, 0.2) is 19.8 Å². The van der Waals surface area contributed by atoms with Crippen molar-refractivity contribution in [2.75, 3.05) is 53.7 Å². The minimum atomic E-state index is -2.01. The van der Waals surface area contributed by atoms with Crippen molar-refractivity contribution < 1.29 is 33.0 Å². The number of carbonyl (C=O) groups is 2. The second-order valence-electron chi connectivity index (χ2n) is 14.1. The predicted molar refractivity (Wildman–Crippen MR) is 169 cm³/mol. The largest absolute Gasteiger partial charge is 0.493 e. The Labute approximate surface area is 255 Å². The fourth-order valence-electron chi connectivity index (χ4n) is 4.60. The number of amides is 2. The number of rotatable bonds is 13. The van der Waals surface area contributed by atoms with E-state index in [0.29, 0.717) is 56.5 Å². The standard InChI is InChI=1S/C32H56N2O7Si/c1-23(2)34(29(35)24-14-15-27(38-10)28(18-24)39-17-13-16-37-9)21-25-19-33(30(36)41-31(3,4)5)20-26(25)22-40-42(11,12)32(6,7)8/h14-15,18,23,25-26H,13,16-17,19-22H2,1-12H3/t25-,26+/m1/s1. The molecule has 2 rings (SSSR count). The Bertz CT molecular complexity index is 1030. The zero-order chi connectivity index (χ0) is 31.9. The molecule has 0 aliphatic carbocycles. The van der Waals surface area contributed by atoms with E-state index in [2.05, 4.69) is 33.9 Å². The van der Waals surface area contributed by atoms with Crippen LogP contribution in [0.3, 0.4) is 0 Å². The summed E-state index contributed by atoms with van der Waals surface area (Å²) in [4.78, 5) is 30.7. The summed E-state index contributed by atoms with van der Waals surface area (Å²) in [6.45, 7) is 23.9. The summed E-state index contributed by atoms with van der Waals surface area (Å²) in [5, 5.41) is 0.0730. The topological polar surface area (TPSA) is 86.8 Å². The van der Waals surface area contributed by atoms with Gasteiger partial charge in [0.25, 0.3) is 5.91 Å². The lowest BCUT2D eigenvalue weighted by Gasteiger charge is -2.38.